The molecule has 0 aromatic heterocycles. The second-order valence-corrected chi connectivity index (χ2v) is 7.63. The Labute approximate surface area is 152 Å². The second kappa shape index (κ2) is 8.39. The van der Waals surface area contributed by atoms with Crippen LogP contribution in [0.2, 0.25) is 0 Å². The van der Waals surface area contributed by atoms with Crippen molar-refractivity contribution in [1.29, 1.82) is 0 Å². The molecular formula is C16H19NO6S2. The maximum atomic E-state index is 12.6. The van der Waals surface area contributed by atoms with Gasteiger partial charge in [0.05, 0.1) is 5.57 Å². The first kappa shape index (κ1) is 19.3. The van der Waals surface area contributed by atoms with Crippen LogP contribution in [0.25, 0.3) is 0 Å². The van der Waals surface area contributed by atoms with Gasteiger partial charge in [-0.15, -0.1) is 0 Å². The quantitative estimate of drug-likeness (QED) is 0.443. The van der Waals surface area contributed by atoms with E-state index in [0.29, 0.717) is 24.9 Å². The SMILES string of the molecule is CC(=O)OCc1ccc(NS(=O)(=O)C2CCCC=C2C(=O)OS)cc1. The third-order valence-corrected chi connectivity index (χ3v) is 5.66. The summed E-state index contributed by atoms with van der Waals surface area (Å²) in [6, 6.07) is 6.44. The van der Waals surface area contributed by atoms with Crippen molar-refractivity contribution in [2.45, 2.75) is 38.0 Å². The number of benzene rings is 1. The van der Waals surface area contributed by atoms with Crippen LogP contribution < -0.4 is 4.72 Å². The Morgan fingerprint density at radius 2 is 1.96 bits per heavy atom. The molecule has 0 heterocycles. The molecule has 1 aromatic rings. The third kappa shape index (κ3) is 5.23. The van der Waals surface area contributed by atoms with Crippen LogP contribution in [0.1, 0.15) is 31.7 Å². The lowest BCUT2D eigenvalue weighted by atomic mass is 9.99. The summed E-state index contributed by atoms with van der Waals surface area (Å²) in [7, 11) is -3.82. The minimum Gasteiger partial charge on any atom is -0.461 e. The zero-order chi connectivity index (χ0) is 18.4. The molecule has 7 nitrogen and oxygen atoms in total. The lowest BCUT2D eigenvalue weighted by molar-refractivity contribution is -0.142. The first-order valence-electron chi connectivity index (χ1n) is 7.63. The van der Waals surface area contributed by atoms with Crippen molar-refractivity contribution >= 4 is 40.6 Å². The molecule has 1 aromatic carbocycles. The van der Waals surface area contributed by atoms with E-state index in [0.717, 1.165) is 5.56 Å². The predicted octanol–water partition coefficient (Wildman–Crippen LogP) is 2.36. The molecule has 1 aliphatic rings. The van der Waals surface area contributed by atoms with E-state index >= 15 is 0 Å². The van der Waals surface area contributed by atoms with Gasteiger partial charge >= 0.3 is 11.9 Å². The number of carbonyl (C=O) groups excluding carboxylic acids is 2. The molecule has 0 spiro atoms. The summed E-state index contributed by atoms with van der Waals surface area (Å²) in [6.45, 7) is 1.43. The van der Waals surface area contributed by atoms with Gasteiger partial charge in [0.25, 0.3) is 0 Å². The topological polar surface area (TPSA) is 98.8 Å². The summed E-state index contributed by atoms with van der Waals surface area (Å²) in [5.74, 6) is -1.15. The Hall–Kier alpha value is -2.00. The molecule has 1 N–H and O–H groups in total. The summed E-state index contributed by atoms with van der Waals surface area (Å²) in [6.07, 6.45) is 3.19. The highest BCUT2D eigenvalue weighted by atomic mass is 32.2. The minimum atomic E-state index is -3.82. The van der Waals surface area contributed by atoms with E-state index in [4.69, 9.17) is 4.74 Å². The van der Waals surface area contributed by atoms with E-state index in [1.165, 1.54) is 6.92 Å². The van der Waals surface area contributed by atoms with Gasteiger partial charge in [-0.2, -0.15) is 0 Å². The van der Waals surface area contributed by atoms with Crippen LogP contribution in [0, 0.1) is 0 Å². The Morgan fingerprint density at radius 3 is 2.56 bits per heavy atom. The zero-order valence-electron chi connectivity index (χ0n) is 13.6. The highest BCUT2D eigenvalue weighted by Gasteiger charge is 2.35. The molecule has 0 saturated carbocycles. The number of esters is 1. The summed E-state index contributed by atoms with van der Waals surface area (Å²) in [4.78, 5) is 22.5. The number of rotatable bonds is 6. The van der Waals surface area contributed by atoms with Crippen LogP contribution in [0.4, 0.5) is 5.69 Å². The van der Waals surface area contributed by atoms with Gasteiger partial charge in [0, 0.05) is 25.5 Å². The predicted molar refractivity (Wildman–Crippen MR) is 95.3 cm³/mol. The van der Waals surface area contributed by atoms with Crippen LogP contribution in [-0.2, 0) is 35.1 Å². The fourth-order valence-electron chi connectivity index (χ4n) is 2.53. The van der Waals surface area contributed by atoms with Crippen molar-refractivity contribution in [3.63, 3.8) is 0 Å². The molecule has 25 heavy (non-hydrogen) atoms. The molecule has 136 valence electrons. The van der Waals surface area contributed by atoms with Crippen LogP contribution in [0.3, 0.4) is 0 Å². The Kier molecular flexibility index (Phi) is 6.49. The van der Waals surface area contributed by atoms with Crippen molar-refractivity contribution in [2.75, 3.05) is 4.72 Å². The lowest BCUT2D eigenvalue weighted by Crippen LogP contribution is -2.34. The fourth-order valence-corrected chi connectivity index (χ4v) is 4.24. The molecule has 0 bridgehead atoms. The molecule has 0 radical (unpaired) electrons. The number of allylic oxidation sites excluding steroid dienone is 1. The van der Waals surface area contributed by atoms with E-state index < -0.39 is 27.2 Å². The Bertz CT molecular complexity index is 770. The van der Waals surface area contributed by atoms with E-state index in [1.807, 2.05) is 0 Å². The van der Waals surface area contributed by atoms with Gasteiger partial charge < -0.3 is 8.92 Å². The van der Waals surface area contributed by atoms with Gasteiger partial charge in [0.1, 0.15) is 11.9 Å². The normalized spacial score (nSPS) is 17.4. The van der Waals surface area contributed by atoms with Crippen molar-refractivity contribution in [1.82, 2.24) is 0 Å². The molecule has 0 saturated heterocycles. The first-order chi connectivity index (χ1) is 11.8. The number of anilines is 1. The molecule has 0 fully saturated rings. The number of ether oxygens (including phenoxy) is 1. The zero-order valence-corrected chi connectivity index (χ0v) is 15.3. The van der Waals surface area contributed by atoms with E-state index in [2.05, 4.69) is 21.8 Å². The highest BCUT2D eigenvalue weighted by Crippen LogP contribution is 2.27. The molecule has 9 heteroatoms. The number of hydrogen-bond donors (Lipinski definition) is 2. The van der Waals surface area contributed by atoms with Crippen molar-refractivity contribution < 1.29 is 26.9 Å². The van der Waals surface area contributed by atoms with Gasteiger partial charge in [-0.3, -0.25) is 9.52 Å². The average molecular weight is 385 g/mol. The monoisotopic (exact) mass is 385 g/mol. The smallest absolute Gasteiger partial charge is 0.346 e. The number of nitrogens with one attached hydrogen (secondary N) is 1. The number of hydrogen-bond acceptors (Lipinski definition) is 7. The molecule has 1 unspecified atom stereocenters. The van der Waals surface area contributed by atoms with Crippen molar-refractivity contribution in [3.8, 4) is 0 Å². The largest absolute Gasteiger partial charge is 0.461 e. The molecule has 0 amide bonds. The van der Waals surface area contributed by atoms with Crippen LogP contribution in [0.5, 0.6) is 0 Å². The highest BCUT2D eigenvalue weighted by molar-refractivity contribution is 7.93. The Morgan fingerprint density at radius 1 is 1.28 bits per heavy atom. The number of thiol groups is 1. The fraction of sp³-hybridized carbons (Fsp3) is 0.375. The van der Waals surface area contributed by atoms with Crippen LogP contribution >= 0.6 is 12.9 Å². The summed E-state index contributed by atoms with van der Waals surface area (Å²) in [5.41, 5.74) is 1.19. The lowest BCUT2D eigenvalue weighted by Gasteiger charge is -2.23. The number of sulfonamides is 1. The maximum Gasteiger partial charge on any atom is 0.346 e. The van der Waals surface area contributed by atoms with Gasteiger partial charge in [-0.05, 0) is 37.0 Å². The van der Waals surface area contributed by atoms with E-state index in [-0.39, 0.29) is 12.2 Å². The van der Waals surface area contributed by atoms with Crippen LogP contribution in [-0.4, -0.2) is 25.6 Å². The second-order valence-electron chi connectivity index (χ2n) is 5.58. The Balaban J connectivity index is 2.12. The molecule has 2 rings (SSSR count). The third-order valence-electron chi connectivity index (χ3n) is 3.73. The van der Waals surface area contributed by atoms with Gasteiger partial charge in [-0.25, -0.2) is 13.2 Å². The van der Waals surface area contributed by atoms with Crippen molar-refractivity contribution in [2.24, 2.45) is 0 Å². The first-order valence-corrected chi connectivity index (χ1v) is 9.54. The van der Waals surface area contributed by atoms with Gasteiger partial charge in [0.15, 0.2) is 0 Å². The molecule has 0 aliphatic heterocycles. The summed E-state index contributed by atoms with van der Waals surface area (Å²) in [5, 5.41) is -0.985. The van der Waals surface area contributed by atoms with E-state index in [9.17, 15) is 18.0 Å². The van der Waals surface area contributed by atoms with E-state index in [1.54, 1.807) is 30.3 Å². The molecular weight excluding hydrogens is 366 g/mol. The molecule has 1 aliphatic carbocycles. The number of carbonyl (C=O) groups is 2. The van der Waals surface area contributed by atoms with Gasteiger partial charge in [0.2, 0.25) is 10.0 Å². The van der Waals surface area contributed by atoms with Crippen molar-refractivity contribution in [3.05, 3.63) is 41.5 Å². The summed E-state index contributed by atoms with van der Waals surface area (Å²) >= 11 is 3.47. The van der Waals surface area contributed by atoms with Gasteiger partial charge in [-0.1, -0.05) is 18.2 Å². The maximum absolute atomic E-state index is 12.6. The molecule has 1 atom stereocenters. The standard InChI is InChI=1S/C16H19NO6S2/c1-11(18)22-10-12-6-8-13(9-7-12)17-25(20,21)15-5-3-2-4-14(15)16(19)23-24/h4,6-9,15,17,24H,2-3,5,10H2,1H3. The summed E-state index contributed by atoms with van der Waals surface area (Å²) < 4.78 is 37.0. The minimum absolute atomic E-state index is 0.0974. The average Bonchev–Trinajstić information content (AvgIpc) is 2.60. The van der Waals surface area contributed by atoms with Crippen LogP contribution in [0.15, 0.2) is 35.9 Å².